The highest BCUT2D eigenvalue weighted by atomic mass is 16.8. The second kappa shape index (κ2) is 52.7. The summed E-state index contributed by atoms with van der Waals surface area (Å²) in [5.41, 5.74) is 11.7. The molecule has 4 fully saturated rings. The zero-order valence-corrected chi connectivity index (χ0v) is 77.2. The molecule has 21 heteroatoms. The SMILES string of the molecule is CO[C@H]1O[C@H](COCc2ccccc2)[C@@H](OCc2ccccc2)[C@H](O[C@H]2O[C@H](COCc3ccccc3)[C@@H](OCc3ccccc3)[C@H](OCc3ccccc3)[C@@H]2O[C@H]2O[C@H](COCc3ccccc3)[C@@H](OCc3ccccc3)[C@H](OCc3ccccc3)[C@@H]2O[C@H]2O[C@H](COCc3ccccc3)[C@@H](OCc3ccccc3)[C@H](OCc3ccccc3)[C@@H]2OCc2ccccc2)[C@@H]1OCc1ccccc1. The van der Waals surface area contributed by atoms with Crippen LogP contribution in [0.2, 0.25) is 0 Å². The van der Waals surface area contributed by atoms with Gasteiger partial charge in [-0.1, -0.05) is 394 Å². The fourth-order valence-corrected chi connectivity index (χ4v) is 17.6. The summed E-state index contributed by atoms with van der Waals surface area (Å²) in [4.78, 5) is 0. The van der Waals surface area contributed by atoms with Gasteiger partial charge in [-0.25, -0.2) is 0 Å². The van der Waals surface area contributed by atoms with Crippen molar-refractivity contribution in [1.82, 2.24) is 0 Å². The third kappa shape index (κ3) is 28.9. The van der Waals surface area contributed by atoms with Crippen LogP contribution in [0.4, 0.5) is 0 Å². The van der Waals surface area contributed by atoms with Gasteiger partial charge in [0.1, 0.15) is 97.7 Å². The van der Waals surface area contributed by atoms with E-state index in [1.165, 1.54) is 0 Å². The summed E-state index contributed by atoms with van der Waals surface area (Å²) in [5.74, 6) is 0. The van der Waals surface area contributed by atoms with Gasteiger partial charge < -0.3 is 99.5 Å². The van der Waals surface area contributed by atoms with E-state index in [0.717, 1.165) is 72.3 Å². The Kier molecular flexibility index (Phi) is 37.6. The van der Waals surface area contributed by atoms with Gasteiger partial charge in [0.25, 0.3) is 0 Å². The molecule has 0 saturated carbocycles. The maximum atomic E-state index is 8.42. The molecule has 13 aromatic carbocycles. The Labute approximate surface area is 803 Å². The molecular weight excluding hydrogens is 1730 g/mol. The number of ether oxygens (including phenoxy) is 21. The van der Waals surface area contributed by atoms with E-state index in [2.05, 4.69) is 0 Å². The minimum atomic E-state index is -1.61. The van der Waals surface area contributed by atoms with Crippen molar-refractivity contribution in [3.63, 3.8) is 0 Å². The summed E-state index contributed by atoms with van der Waals surface area (Å²) in [5, 5.41) is 0. The lowest BCUT2D eigenvalue weighted by Gasteiger charge is -2.53. The smallest absolute Gasteiger partial charge is 0.187 e. The lowest BCUT2D eigenvalue weighted by atomic mass is 9.94. The Hall–Kier alpha value is -11.0. The highest BCUT2D eigenvalue weighted by Crippen LogP contribution is 2.43. The van der Waals surface area contributed by atoms with E-state index >= 15 is 0 Å². The molecule has 17 rings (SSSR count). The third-order valence-corrected chi connectivity index (χ3v) is 24.6. The minimum absolute atomic E-state index is 0.00873. The molecule has 0 spiro atoms. The van der Waals surface area contributed by atoms with Crippen molar-refractivity contribution >= 4 is 0 Å². The molecular formula is C116H122O21. The largest absolute Gasteiger partial charge is 0.374 e. The summed E-state index contributed by atoms with van der Waals surface area (Å²) in [7, 11) is 1.59. The molecule has 4 aliphatic heterocycles. The van der Waals surface area contributed by atoms with Gasteiger partial charge >= 0.3 is 0 Å². The first-order chi connectivity index (χ1) is 67.9. The Balaban J connectivity index is 0.863. The number of benzene rings is 13. The van der Waals surface area contributed by atoms with Gasteiger partial charge in [-0.2, -0.15) is 0 Å². The van der Waals surface area contributed by atoms with Gasteiger partial charge in [-0.05, 0) is 72.3 Å². The summed E-state index contributed by atoms with van der Waals surface area (Å²) in [6, 6.07) is 130. The molecule has 0 amide bonds. The predicted octanol–water partition coefficient (Wildman–Crippen LogP) is 19.8. The van der Waals surface area contributed by atoms with Crippen LogP contribution in [0.15, 0.2) is 394 Å². The van der Waals surface area contributed by atoms with Gasteiger partial charge in [0.15, 0.2) is 25.2 Å². The topological polar surface area (TPSA) is 194 Å². The molecule has 0 N–H and O–H groups in total. The van der Waals surface area contributed by atoms with E-state index in [9.17, 15) is 0 Å². The van der Waals surface area contributed by atoms with Crippen molar-refractivity contribution < 1.29 is 99.5 Å². The number of hydrogen-bond donors (Lipinski definition) is 0. The highest BCUT2D eigenvalue weighted by molar-refractivity contribution is 5.24. The Morgan fingerprint density at radius 3 is 0.504 bits per heavy atom. The molecule has 712 valence electrons. The van der Waals surface area contributed by atoms with E-state index in [0.29, 0.717) is 0 Å². The summed E-state index contributed by atoms with van der Waals surface area (Å²) in [6.45, 7) is 1.55. The van der Waals surface area contributed by atoms with Crippen LogP contribution in [0, 0.1) is 0 Å². The molecule has 0 unspecified atom stereocenters. The summed E-state index contributed by atoms with van der Waals surface area (Å²) in [6.07, 6.45) is -23.4. The lowest BCUT2D eigenvalue weighted by molar-refractivity contribution is -0.415. The van der Waals surface area contributed by atoms with E-state index in [4.69, 9.17) is 99.5 Å². The maximum absolute atomic E-state index is 8.42. The Morgan fingerprint density at radius 2 is 0.299 bits per heavy atom. The van der Waals surface area contributed by atoms with Crippen molar-refractivity contribution in [3.8, 4) is 0 Å². The molecule has 4 saturated heterocycles. The fourth-order valence-electron chi connectivity index (χ4n) is 17.6. The Bertz CT molecular complexity index is 5470. The van der Waals surface area contributed by atoms with Crippen LogP contribution in [0.3, 0.4) is 0 Å². The molecule has 0 aliphatic carbocycles. The second-order valence-electron chi connectivity index (χ2n) is 34.6. The average molecular weight is 1850 g/mol. The molecule has 4 heterocycles. The van der Waals surface area contributed by atoms with Gasteiger partial charge in [0, 0.05) is 7.11 Å². The van der Waals surface area contributed by atoms with Crippen LogP contribution in [-0.2, 0) is 185 Å². The zero-order chi connectivity index (χ0) is 92.9. The third-order valence-electron chi connectivity index (χ3n) is 24.6. The molecule has 137 heavy (non-hydrogen) atoms. The first kappa shape index (κ1) is 97.7. The van der Waals surface area contributed by atoms with Crippen molar-refractivity contribution in [1.29, 1.82) is 0 Å². The van der Waals surface area contributed by atoms with Crippen molar-refractivity contribution in [2.24, 2.45) is 0 Å². The van der Waals surface area contributed by atoms with E-state index < -0.39 is 123 Å². The molecule has 20 atom stereocenters. The van der Waals surface area contributed by atoms with Gasteiger partial charge in [0.2, 0.25) is 0 Å². The number of methoxy groups -OCH3 is 1. The van der Waals surface area contributed by atoms with Crippen molar-refractivity contribution in [2.75, 3.05) is 33.5 Å². The fraction of sp³-hybridized carbons (Fsp3) is 0.328. The average Bonchev–Trinajstić information content (AvgIpc) is 0.749. The van der Waals surface area contributed by atoms with E-state index in [1.807, 2.05) is 394 Å². The van der Waals surface area contributed by atoms with Crippen LogP contribution in [-0.4, -0.2) is 156 Å². The predicted molar refractivity (Wildman–Crippen MR) is 516 cm³/mol. The summed E-state index contributed by atoms with van der Waals surface area (Å²) >= 11 is 0. The molecule has 13 aromatic rings. The van der Waals surface area contributed by atoms with E-state index in [-0.39, 0.29) is 112 Å². The van der Waals surface area contributed by atoms with Gasteiger partial charge in [0.05, 0.1) is 112 Å². The monoisotopic (exact) mass is 1850 g/mol. The van der Waals surface area contributed by atoms with Crippen LogP contribution >= 0.6 is 0 Å². The Morgan fingerprint density at radius 1 is 0.153 bits per heavy atom. The van der Waals surface area contributed by atoms with Gasteiger partial charge in [-0.15, -0.1) is 0 Å². The maximum Gasteiger partial charge on any atom is 0.187 e. The van der Waals surface area contributed by atoms with Crippen LogP contribution in [0.5, 0.6) is 0 Å². The second-order valence-corrected chi connectivity index (χ2v) is 34.6. The molecule has 21 nitrogen and oxygen atoms in total. The minimum Gasteiger partial charge on any atom is -0.374 e. The summed E-state index contributed by atoms with van der Waals surface area (Å²) < 4.78 is 158. The molecule has 4 aliphatic rings. The number of rotatable bonds is 50. The van der Waals surface area contributed by atoms with Crippen molar-refractivity contribution in [2.45, 2.75) is 209 Å². The van der Waals surface area contributed by atoms with Crippen LogP contribution in [0.25, 0.3) is 0 Å². The normalized spacial score (nSPS) is 25.0. The highest BCUT2D eigenvalue weighted by Gasteiger charge is 2.60. The van der Waals surface area contributed by atoms with Gasteiger partial charge in [-0.3, -0.25) is 0 Å². The van der Waals surface area contributed by atoms with Crippen LogP contribution in [0.1, 0.15) is 72.3 Å². The quantitative estimate of drug-likeness (QED) is 0.0349. The molecule has 0 radical (unpaired) electrons. The van der Waals surface area contributed by atoms with E-state index in [1.54, 1.807) is 7.11 Å². The zero-order valence-electron chi connectivity index (χ0n) is 77.2. The number of hydrogen-bond acceptors (Lipinski definition) is 21. The van der Waals surface area contributed by atoms with Crippen LogP contribution < -0.4 is 0 Å². The standard InChI is InChI=1S/C116H122O21/c1-117-113-110(130-79-96-65-39-14-40-66-96)108(104(125-74-91-55-29-9-30-56-91)100(131-113)83-121-70-87-47-21-5-22-48-87)135-115-111(106(127-76-93-59-33-11-34-60-93)102(123-72-89-51-25-7-26-52-89)98(133-115)81-119-68-85-43-17-3-18-44-85)137-116-112(107(128-77-94-61-35-12-36-62-94)103(124-73-90-53-27-8-28-54-90)99(134-116)82-120-69-86-45-19-4-20-46-86)136-114-109(129-78-95-63-37-13-38-64-95)105(126-75-92-57-31-10-32-58-92)101(122-71-88-49-23-6-24-50-88)97(132-114)80-118-67-84-41-15-2-16-42-84/h2-66,97-116H,67-83H2,1H3/t97-,98-,99-,100-,101-,102-,103-,104-,105+,106+,107+,108+,109+,110+,111+,112+,113+,114-,115-,116-/m1/s1. The lowest BCUT2D eigenvalue weighted by Crippen LogP contribution is -2.69. The first-order valence-corrected chi connectivity index (χ1v) is 47.4. The molecule has 0 aromatic heterocycles. The molecule has 0 bridgehead atoms. The van der Waals surface area contributed by atoms with Crippen molar-refractivity contribution in [3.05, 3.63) is 467 Å². The first-order valence-electron chi connectivity index (χ1n) is 47.4.